The van der Waals surface area contributed by atoms with Crippen molar-refractivity contribution < 1.29 is 27.5 Å². The molecule has 1 unspecified atom stereocenters. The van der Waals surface area contributed by atoms with E-state index in [4.69, 9.17) is 23.2 Å². The van der Waals surface area contributed by atoms with E-state index in [0.29, 0.717) is 22.5 Å². The normalized spacial score (nSPS) is 12.5. The number of carboxylic acid groups (broad SMARTS) is 1. The minimum absolute atomic E-state index is 0.237. The molecule has 0 fully saturated rings. The van der Waals surface area contributed by atoms with Crippen LogP contribution in [0.2, 0.25) is 10.0 Å². The van der Waals surface area contributed by atoms with Crippen LogP contribution in [-0.4, -0.2) is 20.9 Å². The van der Waals surface area contributed by atoms with Gasteiger partial charge in [0, 0.05) is 17.5 Å². The van der Waals surface area contributed by atoms with Gasteiger partial charge in [0.05, 0.1) is 38.6 Å². The van der Waals surface area contributed by atoms with Gasteiger partial charge >= 0.3 is 12.1 Å². The first-order valence-electron chi connectivity index (χ1n) is 10.7. The molecule has 3 aromatic carbocycles. The largest absolute Gasteiger partial charge is 0.481 e. The van der Waals surface area contributed by atoms with Gasteiger partial charge in [0.1, 0.15) is 5.82 Å². The van der Waals surface area contributed by atoms with Crippen LogP contribution in [0, 0.1) is 12.7 Å². The lowest BCUT2D eigenvalue weighted by molar-refractivity contribution is -0.141. The summed E-state index contributed by atoms with van der Waals surface area (Å²) in [5, 5.41) is 14.9. The zero-order valence-electron chi connectivity index (χ0n) is 18.7. The lowest BCUT2D eigenvalue weighted by Gasteiger charge is -2.16. The lowest BCUT2D eigenvalue weighted by atomic mass is 9.92. The van der Waals surface area contributed by atoms with E-state index in [-0.39, 0.29) is 17.1 Å². The minimum Gasteiger partial charge on any atom is -0.481 e. The molecule has 36 heavy (non-hydrogen) atoms. The number of carboxylic acids is 1. The summed E-state index contributed by atoms with van der Waals surface area (Å²) in [6, 6.07) is 16.5. The minimum atomic E-state index is -4.96. The fourth-order valence-corrected chi connectivity index (χ4v) is 4.14. The van der Waals surface area contributed by atoms with E-state index in [0.717, 1.165) is 23.3 Å². The Labute approximate surface area is 213 Å². The number of hydrogen-bond acceptors (Lipinski definition) is 2. The van der Waals surface area contributed by atoms with Crippen LogP contribution in [0.15, 0.2) is 66.7 Å². The molecule has 186 valence electrons. The highest BCUT2D eigenvalue weighted by atomic mass is 35.5. The van der Waals surface area contributed by atoms with Crippen LogP contribution >= 0.6 is 23.2 Å². The highest BCUT2D eigenvalue weighted by molar-refractivity contribution is 6.42. The average molecular weight is 537 g/mol. The molecule has 4 nitrogen and oxygen atoms in total. The van der Waals surface area contributed by atoms with Gasteiger partial charge in [-0.15, -0.1) is 0 Å². The van der Waals surface area contributed by atoms with Crippen molar-refractivity contribution in [2.24, 2.45) is 0 Å². The first-order chi connectivity index (χ1) is 17.0. The maximum atomic E-state index is 14.8. The molecule has 0 amide bonds. The van der Waals surface area contributed by atoms with E-state index in [1.54, 1.807) is 24.3 Å². The number of aliphatic carboxylic acids is 1. The monoisotopic (exact) mass is 536 g/mol. The molecule has 4 rings (SSSR count). The maximum absolute atomic E-state index is 14.8. The Bertz CT molecular complexity index is 1430. The molecular weight excluding hydrogens is 519 g/mol. The van der Waals surface area contributed by atoms with Gasteiger partial charge in [0.15, 0.2) is 0 Å². The first kappa shape index (κ1) is 25.7. The zero-order valence-corrected chi connectivity index (χ0v) is 20.2. The summed E-state index contributed by atoms with van der Waals surface area (Å²) < 4.78 is 56.0. The predicted molar refractivity (Wildman–Crippen MR) is 129 cm³/mol. The summed E-state index contributed by atoms with van der Waals surface area (Å²) in [5.74, 6) is -4.69. The second kappa shape index (κ2) is 9.95. The van der Waals surface area contributed by atoms with E-state index in [1.165, 1.54) is 4.68 Å². The van der Waals surface area contributed by atoms with Gasteiger partial charge in [-0.1, -0.05) is 65.2 Å². The fraction of sp³-hybridized carbons (Fsp3) is 0.154. The zero-order chi connectivity index (χ0) is 26.2. The number of aromatic nitrogens is 2. The van der Waals surface area contributed by atoms with Crippen molar-refractivity contribution in [1.29, 1.82) is 0 Å². The molecule has 1 heterocycles. The number of nitrogens with zero attached hydrogens (tertiary/aromatic N) is 2. The fourth-order valence-electron chi connectivity index (χ4n) is 3.85. The van der Waals surface area contributed by atoms with Crippen molar-refractivity contribution in [2.75, 3.05) is 0 Å². The van der Waals surface area contributed by atoms with Crippen molar-refractivity contribution in [3.05, 3.63) is 105 Å². The highest BCUT2D eigenvalue weighted by Crippen LogP contribution is 2.36. The van der Waals surface area contributed by atoms with Crippen LogP contribution in [0.1, 0.15) is 28.3 Å². The molecule has 0 bridgehead atoms. The van der Waals surface area contributed by atoms with Crippen molar-refractivity contribution >= 4 is 29.2 Å². The van der Waals surface area contributed by atoms with Crippen LogP contribution in [0.4, 0.5) is 17.6 Å². The third kappa shape index (κ3) is 5.24. The molecule has 0 aliphatic rings. The summed E-state index contributed by atoms with van der Waals surface area (Å²) in [6.45, 7) is 1.92. The molecule has 10 heteroatoms. The predicted octanol–water partition coefficient (Wildman–Crippen LogP) is 7.72. The number of alkyl halides is 3. The van der Waals surface area contributed by atoms with Crippen LogP contribution in [0.3, 0.4) is 0 Å². The van der Waals surface area contributed by atoms with Gasteiger partial charge in [-0.2, -0.15) is 18.3 Å². The number of rotatable bonds is 6. The Hall–Kier alpha value is -3.36. The first-order valence-corrected chi connectivity index (χ1v) is 11.4. The quantitative estimate of drug-likeness (QED) is 0.256. The molecule has 0 aliphatic heterocycles. The standard InChI is InChI=1S/C26H18Cl2F4N2O2/c1-14-5-7-15(8-6-14)23-12-16(33-34(23)17-9-10-21(27)22(28)13-17)11-19(25(35)36)18-3-2-4-20(24(18)29)26(30,31)32/h2-10,12-13,19H,11H2,1H3,(H,35,36). The number of benzene rings is 3. The van der Waals surface area contributed by atoms with Gasteiger partial charge in [0.2, 0.25) is 0 Å². The summed E-state index contributed by atoms with van der Waals surface area (Å²) in [7, 11) is 0. The molecule has 4 aromatic rings. The second-order valence-corrected chi connectivity index (χ2v) is 9.01. The Morgan fingerprint density at radius 1 is 1.03 bits per heavy atom. The van der Waals surface area contributed by atoms with Crippen molar-refractivity contribution in [2.45, 2.75) is 25.4 Å². The van der Waals surface area contributed by atoms with Gasteiger partial charge < -0.3 is 5.11 Å². The van der Waals surface area contributed by atoms with Gasteiger partial charge in [0.25, 0.3) is 0 Å². The smallest absolute Gasteiger partial charge is 0.419 e. The number of hydrogen-bond donors (Lipinski definition) is 1. The molecular formula is C26H18Cl2F4N2O2. The topological polar surface area (TPSA) is 55.1 Å². The number of carbonyl (C=O) groups is 1. The summed E-state index contributed by atoms with van der Waals surface area (Å²) >= 11 is 12.2. The van der Waals surface area contributed by atoms with Gasteiger partial charge in [-0.25, -0.2) is 9.07 Å². The third-order valence-electron chi connectivity index (χ3n) is 5.68. The van der Waals surface area contributed by atoms with E-state index in [9.17, 15) is 27.5 Å². The molecule has 0 saturated carbocycles. The summed E-state index contributed by atoms with van der Waals surface area (Å²) in [5.41, 5.74) is 1.03. The van der Waals surface area contributed by atoms with Crippen LogP contribution < -0.4 is 0 Å². The molecule has 0 spiro atoms. The molecule has 0 saturated heterocycles. The Balaban J connectivity index is 1.81. The second-order valence-electron chi connectivity index (χ2n) is 8.20. The van der Waals surface area contributed by atoms with Crippen LogP contribution in [0.5, 0.6) is 0 Å². The van der Waals surface area contributed by atoms with E-state index in [1.807, 2.05) is 31.2 Å². The number of aryl methyl sites for hydroxylation is 1. The molecule has 0 radical (unpaired) electrons. The molecule has 1 N–H and O–H groups in total. The Kier molecular flexibility index (Phi) is 7.11. The van der Waals surface area contributed by atoms with E-state index < -0.39 is 35.0 Å². The highest BCUT2D eigenvalue weighted by Gasteiger charge is 2.37. The Morgan fingerprint density at radius 2 is 1.72 bits per heavy atom. The molecule has 1 aromatic heterocycles. The average Bonchev–Trinajstić information content (AvgIpc) is 3.23. The van der Waals surface area contributed by atoms with Crippen molar-refractivity contribution in [3.63, 3.8) is 0 Å². The molecule has 1 atom stereocenters. The summed E-state index contributed by atoms with van der Waals surface area (Å²) in [4.78, 5) is 12.1. The SMILES string of the molecule is Cc1ccc(-c2cc(CC(C(=O)O)c3cccc(C(F)(F)F)c3F)nn2-c2ccc(Cl)c(Cl)c2)cc1. The van der Waals surface area contributed by atoms with Crippen molar-refractivity contribution in [3.8, 4) is 16.9 Å². The van der Waals surface area contributed by atoms with E-state index >= 15 is 0 Å². The van der Waals surface area contributed by atoms with Crippen molar-refractivity contribution in [1.82, 2.24) is 9.78 Å². The van der Waals surface area contributed by atoms with Gasteiger partial charge in [-0.05, 0) is 37.3 Å². The van der Waals surface area contributed by atoms with Gasteiger partial charge in [-0.3, -0.25) is 4.79 Å². The molecule has 0 aliphatic carbocycles. The third-order valence-corrected chi connectivity index (χ3v) is 6.41. The lowest BCUT2D eigenvalue weighted by Crippen LogP contribution is -2.19. The van der Waals surface area contributed by atoms with E-state index in [2.05, 4.69) is 5.10 Å². The van der Waals surface area contributed by atoms with Crippen LogP contribution in [0.25, 0.3) is 16.9 Å². The number of halogens is 6. The van der Waals surface area contributed by atoms with Crippen LogP contribution in [-0.2, 0) is 17.4 Å². The summed E-state index contributed by atoms with van der Waals surface area (Å²) in [6.07, 6.45) is -5.31. The Morgan fingerprint density at radius 3 is 2.33 bits per heavy atom. The maximum Gasteiger partial charge on any atom is 0.419 e.